The highest BCUT2D eigenvalue weighted by atomic mass is 19.4. The van der Waals surface area contributed by atoms with Crippen LogP contribution in [0.3, 0.4) is 0 Å². The van der Waals surface area contributed by atoms with Gasteiger partial charge in [0.1, 0.15) is 5.56 Å². The van der Waals surface area contributed by atoms with E-state index in [1.807, 2.05) is 0 Å². The topological polar surface area (TPSA) is 62.2 Å². The second-order valence-electron chi connectivity index (χ2n) is 4.38. The molecule has 0 aliphatic heterocycles. The number of aryl methyl sites for hydroxylation is 1. The van der Waals surface area contributed by atoms with E-state index < -0.39 is 17.7 Å². The molecule has 0 aliphatic rings. The number of carbonyl (C=O) groups is 1. The molecule has 2 rings (SSSR count). The molecule has 2 aromatic rings. The van der Waals surface area contributed by atoms with Crippen molar-refractivity contribution in [1.29, 1.82) is 0 Å². The van der Waals surface area contributed by atoms with Gasteiger partial charge in [-0.2, -0.15) is 13.2 Å². The third-order valence-electron chi connectivity index (χ3n) is 2.87. The Balaban J connectivity index is 2.40. The van der Waals surface area contributed by atoms with Crippen LogP contribution in [0.25, 0.3) is 0 Å². The number of hydrogen-bond donors (Lipinski definition) is 2. The summed E-state index contributed by atoms with van der Waals surface area (Å²) in [5, 5.41) is 11.7. The van der Waals surface area contributed by atoms with Gasteiger partial charge in [0.25, 0.3) is 0 Å². The Morgan fingerprint density at radius 3 is 2.62 bits per heavy atom. The third kappa shape index (κ3) is 3.31. The second-order valence-corrected chi connectivity index (χ2v) is 4.38. The van der Waals surface area contributed by atoms with Crippen LogP contribution in [0.4, 0.5) is 24.5 Å². The lowest BCUT2D eigenvalue weighted by Gasteiger charge is -2.14. The molecule has 0 atom stereocenters. The van der Waals surface area contributed by atoms with Gasteiger partial charge in [0.15, 0.2) is 0 Å². The van der Waals surface area contributed by atoms with Gasteiger partial charge in [0, 0.05) is 18.1 Å². The van der Waals surface area contributed by atoms with E-state index in [2.05, 4.69) is 10.3 Å². The van der Waals surface area contributed by atoms with Crippen molar-refractivity contribution in [2.75, 3.05) is 5.32 Å². The largest absolute Gasteiger partial charge is 0.478 e. The number of pyridine rings is 1. The fourth-order valence-electron chi connectivity index (χ4n) is 1.83. The fraction of sp³-hybridized carbons (Fsp3) is 0.143. The van der Waals surface area contributed by atoms with Crippen LogP contribution in [0.2, 0.25) is 0 Å². The molecule has 1 aromatic carbocycles. The molecule has 0 amide bonds. The lowest BCUT2D eigenvalue weighted by Crippen LogP contribution is -2.09. The summed E-state index contributed by atoms with van der Waals surface area (Å²) < 4.78 is 38.5. The van der Waals surface area contributed by atoms with Crippen LogP contribution < -0.4 is 5.32 Å². The summed E-state index contributed by atoms with van der Waals surface area (Å²) in [5.41, 5.74) is -0.456. The molecule has 110 valence electrons. The van der Waals surface area contributed by atoms with Gasteiger partial charge in [-0.25, -0.2) is 4.79 Å². The zero-order chi connectivity index (χ0) is 15.6. The summed E-state index contributed by atoms with van der Waals surface area (Å²) in [4.78, 5) is 14.7. The van der Waals surface area contributed by atoms with E-state index in [4.69, 9.17) is 5.11 Å². The predicted octanol–water partition coefficient (Wildman–Crippen LogP) is 3.85. The number of anilines is 2. The van der Waals surface area contributed by atoms with Crippen LogP contribution in [0.1, 0.15) is 21.5 Å². The molecule has 0 fully saturated rings. The van der Waals surface area contributed by atoms with Crippen molar-refractivity contribution >= 4 is 17.3 Å². The molecule has 4 nitrogen and oxygen atoms in total. The Hall–Kier alpha value is -2.57. The number of aromatic carboxylic acids is 1. The van der Waals surface area contributed by atoms with Crippen molar-refractivity contribution < 1.29 is 23.1 Å². The Morgan fingerprint density at radius 2 is 2.00 bits per heavy atom. The van der Waals surface area contributed by atoms with E-state index in [1.165, 1.54) is 31.3 Å². The molecule has 0 spiro atoms. The summed E-state index contributed by atoms with van der Waals surface area (Å²) >= 11 is 0. The minimum absolute atomic E-state index is 0.0984. The van der Waals surface area contributed by atoms with Crippen LogP contribution >= 0.6 is 0 Å². The third-order valence-corrected chi connectivity index (χ3v) is 2.87. The van der Waals surface area contributed by atoms with Gasteiger partial charge in [-0.3, -0.25) is 4.98 Å². The Kier molecular flexibility index (Phi) is 3.84. The number of rotatable bonds is 3. The van der Waals surface area contributed by atoms with E-state index >= 15 is 0 Å². The van der Waals surface area contributed by atoms with Crippen LogP contribution in [-0.4, -0.2) is 16.1 Å². The number of benzene rings is 1. The van der Waals surface area contributed by atoms with Crippen molar-refractivity contribution in [2.24, 2.45) is 0 Å². The lowest BCUT2D eigenvalue weighted by atomic mass is 10.1. The number of nitrogens with one attached hydrogen (secondary N) is 1. The molecule has 0 saturated carbocycles. The first kappa shape index (κ1) is 14.8. The highest BCUT2D eigenvalue weighted by molar-refractivity contribution is 5.94. The van der Waals surface area contributed by atoms with Gasteiger partial charge >= 0.3 is 12.1 Å². The SMILES string of the molecule is Cc1ccc(Nc2ccncc2C(=O)O)cc1C(F)(F)F. The zero-order valence-corrected chi connectivity index (χ0v) is 10.9. The Labute approximate surface area is 118 Å². The Bertz CT molecular complexity index is 684. The van der Waals surface area contributed by atoms with Crippen molar-refractivity contribution in [3.63, 3.8) is 0 Å². The summed E-state index contributed by atoms with van der Waals surface area (Å²) in [6, 6.07) is 5.11. The summed E-state index contributed by atoms with van der Waals surface area (Å²) in [5.74, 6) is -1.21. The van der Waals surface area contributed by atoms with E-state index in [1.54, 1.807) is 0 Å². The molecule has 0 unspecified atom stereocenters. The first-order chi connectivity index (χ1) is 9.79. The monoisotopic (exact) mass is 296 g/mol. The van der Waals surface area contributed by atoms with Gasteiger partial charge in [-0.05, 0) is 30.7 Å². The first-order valence-corrected chi connectivity index (χ1v) is 5.91. The summed E-state index contributed by atoms with van der Waals surface area (Å²) in [6.07, 6.45) is -1.98. The standard InChI is InChI=1S/C14H11F3N2O2/c1-8-2-3-9(6-11(8)14(15,16)17)19-12-4-5-18-7-10(12)13(20)21/h2-7H,1H3,(H,18,19)(H,20,21). The van der Waals surface area contributed by atoms with Gasteiger partial charge in [0.05, 0.1) is 11.3 Å². The number of hydrogen-bond acceptors (Lipinski definition) is 3. The van der Waals surface area contributed by atoms with Gasteiger partial charge in [-0.15, -0.1) is 0 Å². The molecule has 21 heavy (non-hydrogen) atoms. The molecular weight excluding hydrogens is 285 g/mol. The van der Waals surface area contributed by atoms with Gasteiger partial charge in [-0.1, -0.05) is 6.07 Å². The van der Waals surface area contributed by atoms with Crippen LogP contribution in [0, 0.1) is 6.92 Å². The van der Waals surface area contributed by atoms with Gasteiger partial charge in [0.2, 0.25) is 0 Å². The smallest absolute Gasteiger partial charge is 0.416 e. The molecule has 1 aromatic heterocycles. The van der Waals surface area contributed by atoms with Crippen LogP contribution in [0.5, 0.6) is 0 Å². The average Bonchev–Trinajstić information content (AvgIpc) is 2.40. The number of alkyl halides is 3. The van der Waals surface area contributed by atoms with Crippen molar-refractivity contribution in [1.82, 2.24) is 4.98 Å². The van der Waals surface area contributed by atoms with E-state index in [0.29, 0.717) is 0 Å². The maximum absolute atomic E-state index is 12.8. The molecule has 1 heterocycles. The normalized spacial score (nSPS) is 11.2. The molecule has 7 heteroatoms. The second kappa shape index (κ2) is 5.43. The van der Waals surface area contributed by atoms with Crippen molar-refractivity contribution in [3.8, 4) is 0 Å². The van der Waals surface area contributed by atoms with E-state index in [0.717, 1.165) is 12.3 Å². The number of carboxylic acids is 1. The van der Waals surface area contributed by atoms with Gasteiger partial charge < -0.3 is 10.4 Å². The number of carboxylic acid groups (broad SMARTS) is 1. The number of nitrogens with zero attached hydrogens (tertiary/aromatic N) is 1. The highest BCUT2D eigenvalue weighted by Crippen LogP contribution is 2.34. The quantitative estimate of drug-likeness (QED) is 0.903. The van der Waals surface area contributed by atoms with E-state index in [9.17, 15) is 18.0 Å². The van der Waals surface area contributed by atoms with E-state index in [-0.39, 0.29) is 22.5 Å². The molecule has 0 bridgehead atoms. The van der Waals surface area contributed by atoms with Crippen molar-refractivity contribution in [3.05, 3.63) is 53.3 Å². The van der Waals surface area contributed by atoms with Crippen LogP contribution in [-0.2, 0) is 6.18 Å². The predicted molar refractivity (Wildman–Crippen MR) is 70.7 cm³/mol. The lowest BCUT2D eigenvalue weighted by molar-refractivity contribution is -0.138. The summed E-state index contributed by atoms with van der Waals surface area (Å²) in [7, 11) is 0. The minimum atomic E-state index is -4.46. The minimum Gasteiger partial charge on any atom is -0.478 e. The highest BCUT2D eigenvalue weighted by Gasteiger charge is 2.32. The van der Waals surface area contributed by atoms with Crippen LogP contribution in [0.15, 0.2) is 36.7 Å². The molecule has 2 N–H and O–H groups in total. The fourth-order valence-corrected chi connectivity index (χ4v) is 1.83. The first-order valence-electron chi connectivity index (χ1n) is 5.91. The molecular formula is C14H11F3N2O2. The average molecular weight is 296 g/mol. The maximum atomic E-state index is 12.8. The zero-order valence-electron chi connectivity index (χ0n) is 10.9. The van der Waals surface area contributed by atoms with Crippen molar-refractivity contribution in [2.45, 2.75) is 13.1 Å². The molecule has 0 radical (unpaired) electrons. The molecule has 0 aliphatic carbocycles. The Morgan fingerprint density at radius 1 is 1.29 bits per heavy atom. The number of halogens is 3. The maximum Gasteiger partial charge on any atom is 0.416 e. The molecule has 0 saturated heterocycles. The summed E-state index contributed by atoms with van der Waals surface area (Å²) in [6.45, 7) is 1.36. The number of aromatic nitrogens is 1.